The Kier molecular flexibility index (Phi) is 5.98. The predicted octanol–water partition coefficient (Wildman–Crippen LogP) is 5.37. The first-order chi connectivity index (χ1) is 8.33. The van der Waals surface area contributed by atoms with E-state index in [2.05, 4.69) is 31.9 Å². The van der Waals surface area contributed by atoms with Gasteiger partial charge in [0.05, 0.1) is 6.61 Å². The van der Waals surface area contributed by atoms with Gasteiger partial charge in [0.25, 0.3) is 0 Å². The molecule has 0 radical (unpaired) electrons. The van der Waals surface area contributed by atoms with Crippen molar-refractivity contribution in [2.24, 2.45) is 0 Å². The minimum Gasteiger partial charge on any atom is -0.493 e. The molecule has 0 unspecified atom stereocenters. The summed E-state index contributed by atoms with van der Waals surface area (Å²) in [6.45, 7) is 1.94. The summed E-state index contributed by atoms with van der Waals surface area (Å²) in [5, 5.41) is 0.599. The van der Waals surface area contributed by atoms with E-state index in [9.17, 15) is 13.2 Å². The van der Waals surface area contributed by atoms with E-state index in [0.29, 0.717) is 11.1 Å². The fourth-order valence-electron chi connectivity index (χ4n) is 1.55. The largest absolute Gasteiger partial charge is 0.493 e. The maximum absolute atomic E-state index is 12.0. The molecule has 0 aliphatic rings. The second kappa shape index (κ2) is 6.80. The number of aryl methyl sites for hydroxylation is 1. The maximum atomic E-state index is 12.0. The minimum atomic E-state index is -4.11. The lowest BCUT2D eigenvalue weighted by molar-refractivity contribution is -0.136. The molecule has 1 aromatic rings. The second-order valence-corrected chi connectivity index (χ2v) is 5.39. The Morgan fingerprint density at radius 2 is 1.94 bits per heavy atom. The molecule has 0 aliphatic heterocycles. The van der Waals surface area contributed by atoms with Gasteiger partial charge in [-0.05, 0) is 31.0 Å². The molecule has 0 saturated carbocycles. The van der Waals surface area contributed by atoms with Gasteiger partial charge in [-0.25, -0.2) is 0 Å². The summed E-state index contributed by atoms with van der Waals surface area (Å²) < 4.78 is 42.4. The Balaban J connectivity index is 2.62. The van der Waals surface area contributed by atoms with Crippen LogP contribution in [-0.2, 0) is 5.33 Å². The van der Waals surface area contributed by atoms with Crippen molar-refractivity contribution in [3.8, 4) is 5.75 Å². The van der Waals surface area contributed by atoms with Crippen molar-refractivity contribution in [1.82, 2.24) is 0 Å². The van der Waals surface area contributed by atoms with Crippen LogP contribution >= 0.6 is 31.9 Å². The topological polar surface area (TPSA) is 9.23 Å². The SMILES string of the molecule is Cc1cc(Br)cc(CBr)c1OCCCC(F)(F)F. The molecule has 0 spiro atoms. The summed E-state index contributed by atoms with van der Waals surface area (Å²) in [7, 11) is 0. The zero-order valence-corrected chi connectivity index (χ0v) is 13.0. The van der Waals surface area contributed by atoms with Crippen LogP contribution in [0.1, 0.15) is 24.0 Å². The Labute approximate surface area is 121 Å². The van der Waals surface area contributed by atoms with Gasteiger partial charge in [0.15, 0.2) is 0 Å². The summed E-state index contributed by atoms with van der Waals surface area (Å²) in [4.78, 5) is 0. The van der Waals surface area contributed by atoms with Crippen molar-refractivity contribution in [2.75, 3.05) is 6.61 Å². The van der Waals surface area contributed by atoms with Gasteiger partial charge in [-0.1, -0.05) is 31.9 Å². The summed E-state index contributed by atoms with van der Waals surface area (Å²) in [6, 6.07) is 3.77. The van der Waals surface area contributed by atoms with E-state index in [4.69, 9.17) is 4.74 Å². The molecule has 1 nitrogen and oxygen atoms in total. The van der Waals surface area contributed by atoms with E-state index in [1.54, 1.807) is 0 Å². The van der Waals surface area contributed by atoms with E-state index < -0.39 is 12.6 Å². The van der Waals surface area contributed by atoms with Gasteiger partial charge in [0, 0.05) is 21.8 Å². The van der Waals surface area contributed by atoms with Crippen LogP contribution in [0.25, 0.3) is 0 Å². The van der Waals surface area contributed by atoms with E-state index in [1.165, 1.54) is 0 Å². The number of alkyl halides is 4. The van der Waals surface area contributed by atoms with Crippen LogP contribution in [0.3, 0.4) is 0 Å². The summed E-state index contributed by atoms with van der Waals surface area (Å²) in [5.74, 6) is 0.664. The third-order valence-corrected chi connectivity index (χ3v) is 3.37. The average Bonchev–Trinajstić information content (AvgIpc) is 2.24. The average molecular weight is 390 g/mol. The Hall–Kier alpha value is -0.230. The summed E-state index contributed by atoms with van der Waals surface area (Å²) in [5.41, 5.74) is 1.83. The molecule has 0 N–H and O–H groups in total. The van der Waals surface area contributed by atoms with Crippen molar-refractivity contribution >= 4 is 31.9 Å². The lowest BCUT2D eigenvalue weighted by atomic mass is 10.1. The molecule has 0 heterocycles. The molecule has 1 aromatic carbocycles. The van der Waals surface area contributed by atoms with Crippen molar-refractivity contribution < 1.29 is 17.9 Å². The maximum Gasteiger partial charge on any atom is 0.389 e. The van der Waals surface area contributed by atoms with Gasteiger partial charge in [0.2, 0.25) is 0 Å². The highest BCUT2D eigenvalue weighted by molar-refractivity contribution is 9.10. The van der Waals surface area contributed by atoms with Crippen LogP contribution in [-0.4, -0.2) is 12.8 Å². The molecule has 1 rings (SSSR count). The number of halogens is 5. The first-order valence-electron chi connectivity index (χ1n) is 5.38. The molecule has 6 heteroatoms. The summed E-state index contributed by atoms with van der Waals surface area (Å²) >= 11 is 6.71. The van der Waals surface area contributed by atoms with Crippen LogP contribution < -0.4 is 4.74 Å². The Bertz CT molecular complexity index is 405. The van der Waals surface area contributed by atoms with E-state index in [0.717, 1.165) is 15.6 Å². The highest BCUT2D eigenvalue weighted by Gasteiger charge is 2.26. The van der Waals surface area contributed by atoms with E-state index >= 15 is 0 Å². The molecule has 0 atom stereocenters. The number of rotatable bonds is 5. The van der Waals surface area contributed by atoms with Crippen molar-refractivity contribution in [2.45, 2.75) is 31.3 Å². The lowest BCUT2D eigenvalue weighted by Gasteiger charge is -2.14. The number of benzene rings is 1. The van der Waals surface area contributed by atoms with Crippen molar-refractivity contribution in [3.63, 3.8) is 0 Å². The molecule has 18 heavy (non-hydrogen) atoms. The van der Waals surface area contributed by atoms with Crippen LogP contribution in [0, 0.1) is 6.92 Å². The molecule has 102 valence electrons. The fraction of sp³-hybridized carbons (Fsp3) is 0.500. The number of hydrogen-bond acceptors (Lipinski definition) is 1. The fourth-order valence-corrected chi connectivity index (χ4v) is 2.59. The highest BCUT2D eigenvalue weighted by Crippen LogP contribution is 2.30. The molecule has 0 bridgehead atoms. The Morgan fingerprint density at radius 1 is 1.28 bits per heavy atom. The van der Waals surface area contributed by atoms with Gasteiger partial charge in [-0.3, -0.25) is 0 Å². The zero-order chi connectivity index (χ0) is 13.8. The van der Waals surface area contributed by atoms with E-state index in [1.807, 2.05) is 19.1 Å². The van der Waals surface area contributed by atoms with Gasteiger partial charge in [-0.15, -0.1) is 0 Å². The minimum absolute atomic E-state index is 0.0271. The molecule has 0 amide bonds. The molecular weight excluding hydrogens is 377 g/mol. The Morgan fingerprint density at radius 3 is 2.50 bits per heavy atom. The van der Waals surface area contributed by atoms with Crippen LogP contribution in [0.2, 0.25) is 0 Å². The van der Waals surface area contributed by atoms with Crippen LogP contribution in [0.5, 0.6) is 5.75 Å². The molecule has 0 fully saturated rings. The van der Waals surface area contributed by atoms with Crippen LogP contribution in [0.4, 0.5) is 13.2 Å². The summed E-state index contributed by atoms with van der Waals surface area (Å²) in [6.07, 6.45) is -4.96. The standard InChI is InChI=1S/C12H13Br2F3O/c1-8-5-10(14)6-9(7-13)11(8)18-4-2-3-12(15,16)17/h5-6H,2-4,7H2,1H3. The molecular formula is C12H13Br2F3O. The zero-order valence-electron chi connectivity index (χ0n) is 9.78. The molecule has 0 saturated heterocycles. The van der Waals surface area contributed by atoms with Gasteiger partial charge < -0.3 is 4.74 Å². The van der Waals surface area contributed by atoms with Crippen LogP contribution in [0.15, 0.2) is 16.6 Å². The highest BCUT2D eigenvalue weighted by atomic mass is 79.9. The van der Waals surface area contributed by atoms with Gasteiger partial charge in [-0.2, -0.15) is 13.2 Å². The van der Waals surface area contributed by atoms with Gasteiger partial charge in [0.1, 0.15) is 5.75 Å². The smallest absolute Gasteiger partial charge is 0.389 e. The predicted molar refractivity (Wildman–Crippen MR) is 72.3 cm³/mol. The third-order valence-electron chi connectivity index (χ3n) is 2.31. The number of ether oxygens (including phenoxy) is 1. The first-order valence-corrected chi connectivity index (χ1v) is 7.29. The van der Waals surface area contributed by atoms with Crippen molar-refractivity contribution in [1.29, 1.82) is 0 Å². The van der Waals surface area contributed by atoms with Crippen molar-refractivity contribution in [3.05, 3.63) is 27.7 Å². The molecule has 0 aromatic heterocycles. The third kappa shape index (κ3) is 5.18. The van der Waals surface area contributed by atoms with E-state index in [-0.39, 0.29) is 13.0 Å². The quantitative estimate of drug-likeness (QED) is 0.485. The normalized spacial score (nSPS) is 11.7. The first kappa shape index (κ1) is 15.8. The second-order valence-electron chi connectivity index (χ2n) is 3.91. The lowest BCUT2D eigenvalue weighted by Crippen LogP contribution is -2.10. The number of hydrogen-bond donors (Lipinski definition) is 0. The van der Waals surface area contributed by atoms with Gasteiger partial charge >= 0.3 is 6.18 Å². The monoisotopic (exact) mass is 388 g/mol. The molecule has 0 aliphatic carbocycles.